The molecule has 0 unspecified atom stereocenters. The summed E-state index contributed by atoms with van der Waals surface area (Å²) in [6.07, 6.45) is 0. The Bertz CT molecular complexity index is 1200. The Balaban J connectivity index is 0.00000256. The Morgan fingerprint density at radius 1 is 0.967 bits per heavy atom. The fourth-order valence-electron chi connectivity index (χ4n) is 3.06. The number of anilines is 1. The van der Waals surface area contributed by atoms with Gasteiger partial charge >= 0.3 is 5.69 Å². The van der Waals surface area contributed by atoms with Gasteiger partial charge in [-0.25, -0.2) is 4.79 Å². The van der Waals surface area contributed by atoms with Gasteiger partial charge in [0.05, 0.1) is 18.1 Å². The molecular formula is C22H21Cl2N3O3. The van der Waals surface area contributed by atoms with Crippen LogP contribution in [0.5, 0.6) is 11.5 Å². The van der Waals surface area contributed by atoms with Gasteiger partial charge in [0.25, 0.3) is 0 Å². The Morgan fingerprint density at radius 2 is 1.77 bits per heavy atom. The number of ether oxygens (including phenoxy) is 2. The van der Waals surface area contributed by atoms with Crippen molar-refractivity contribution >= 4 is 40.7 Å². The van der Waals surface area contributed by atoms with Crippen LogP contribution in [0.25, 0.3) is 11.0 Å². The zero-order valence-corrected chi connectivity index (χ0v) is 17.8. The SMILES string of the molecule is COc1cc(CNc2ccc3[nH]c(=O)[nH]c3c2)ccc1OCc1ccccc1Cl.Cl. The van der Waals surface area contributed by atoms with Gasteiger partial charge in [-0.2, -0.15) is 0 Å². The molecule has 3 aromatic carbocycles. The first-order valence-corrected chi connectivity index (χ1v) is 9.49. The number of hydrogen-bond donors (Lipinski definition) is 3. The third kappa shape index (κ3) is 4.90. The summed E-state index contributed by atoms with van der Waals surface area (Å²) in [5, 5.41) is 4.02. The highest BCUT2D eigenvalue weighted by atomic mass is 35.5. The molecule has 0 aliphatic rings. The summed E-state index contributed by atoms with van der Waals surface area (Å²) in [5.74, 6) is 1.31. The molecule has 156 valence electrons. The smallest absolute Gasteiger partial charge is 0.323 e. The molecule has 30 heavy (non-hydrogen) atoms. The monoisotopic (exact) mass is 445 g/mol. The van der Waals surface area contributed by atoms with Crippen molar-refractivity contribution in [2.75, 3.05) is 12.4 Å². The molecule has 0 saturated carbocycles. The molecule has 0 amide bonds. The number of hydrogen-bond acceptors (Lipinski definition) is 4. The minimum absolute atomic E-state index is 0. The first kappa shape index (κ1) is 21.6. The molecule has 0 atom stereocenters. The summed E-state index contributed by atoms with van der Waals surface area (Å²) < 4.78 is 11.4. The molecule has 8 heteroatoms. The lowest BCUT2D eigenvalue weighted by atomic mass is 10.2. The molecule has 0 radical (unpaired) electrons. The molecule has 0 aliphatic heterocycles. The molecule has 1 aromatic heterocycles. The highest BCUT2D eigenvalue weighted by molar-refractivity contribution is 6.31. The van der Waals surface area contributed by atoms with E-state index in [1.165, 1.54) is 0 Å². The number of methoxy groups -OCH3 is 1. The van der Waals surface area contributed by atoms with E-state index in [1.807, 2.05) is 60.7 Å². The van der Waals surface area contributed by atoms with Crippen LogP contribution in [-0.4, -0.2) is 17.1 Å². The number of benzene rings is 3. The second-order valence-electron chi connectivity index (χ2n) is 6.56. The number of rotatable bonds is 7. The Hall–Kier alpha value is -3.09. The van der Waals surface area contributed by atoms with Gasteiger partial charge in [0.2, 0.25) is 0 Å². The molecular weight excluding hydrogens is 425 g/mol. The van der Waals surface area contributed by atoms with Crippen LogP contribution in [0.3, 0.4) is 0 Å². The van der Waals surface area contributed by atoms with E-state index < -0.39 is 0 Å². The number of aromatic amines is 2. The van der Waals surface area contributed by atoms with Crippen molar-refractivity contribution in [3.8, 4) is 11.5 Å². The van der Waals surface area contributed by atoms with E-state index in [0.717, 1.165) is 27.8 Å². The van der Waals surface area contributed by atoms with Crippen molar-refractivity contribution in [3.63, 3.8) is 0 Å². The topological polar surface area (TPSA) is 79.1 Å². The largest absolute Gasteiger partial charge is 0.493 e. The van der Waals surface area contributed by atoms with Gasteiger partial charge in [-0.05, 0) is 42.0 Å². The molecule has 0 spiro atoms. The average molecular weight is 446 g/mol. The Labute approximate surface area is 184 Å². The van der Waals surface area contributed by atoms with Crippen molar-refractivity contribution in [2.45, 2.75) is 13.2 Å². The van der Waals surface area contributed by atoms with Crippen molar-refractivity contribution < 1.29 is 9.47 Å². The lowest BCUT2D eigenvalue weighted by Gasteiger charge is -2.13. The summed E-state index contributed by atoms with van der Waals surface area (Å²) in [5.41, 5.74) is 4.19. The van der Waals surface area contributed by atoms with Crippen LogP contribution in [0.15, 0.2) is 65.5 Å². The highest BCUT2D eigenvalue weighted by Crippen LogP contribution is 2.30. The number of aromatic nitrogens is 2. The van der Waals surface area contributed by atoms with Crippen LogP contribution in [0.4, 0.5) is 5.69 Å². The first-order valence-electron chi connectivity index (χ1n) is 9.11. The van der Waals surface area contributed by atoms with Crippen LogP contribution >= 0.6 is 24.0 Å². The van der Waals surface area contributed by atoms with Gasteiger partial charge in [-0.3, -0.25) is 0 Å². The van der Waals surface area contributed by atoms with Gasteiger partial charge in [0, 0.05) is 22.8 Å². The number of nitrogens with one attached hydrogen (secondary N) is 3. The fourth-order valence-corrected chi connectivity index (χ4v) is 3.25. The molecule has 1 heterocycles. The predicted molar refractivity (Wildman–Crippen MR) is 122 cm³/mol. The van der Waals surface area contributed by atoms with Crippen LogP contribution < -0.4 is 20.5 Å². The summed E-state index contributed by atoms with van der Waals surface area (Å²) in [6, 6.07) is 19.1. The van der Waals surface area contributed by atoms with Crippen molar-refractivity contribution in [1.29, 1.82) is 0 Å². The minimum Gasteiger partial charge on any atom is -0.493 e. The van der Waals surface area contributed by atoms with E-state index in [9.17, 15) is 4.79 Å². The molecule has 3 N–H and O–H groups in total. The number of H-pyrrole nitrogens is 2. The minimum atomic E-state index is -0.214. The fraction of sp³-hybridized carbons (Fsp3) is 0.136. The summed E-state index contributed by atoms with van der Waals surface area (Å²) in [7, 11) is 1.62. The summed E-state index contributed by atoms with van der Waals surface area (Å²) >= 11 is 6.19. The van der Waals surface area contributed by atoms with Gasteiger partial charge < -0.3 is 24.8 Å². The van der Waals surface area contributed by atoms with Crippen LogP contribution in [0.2, 0.25) is 5.02 Å². The molecule has 4 rings (SSSR count). The maximum absolute atomic E-state index is 11.4. The molecule has 0 fully saturated rings. The summed E-state index contributed by atoms with van der Waals surface area (Å²) in [4.78, 5) is 16.9. The van der Waals surface area contributed by atoms with Crippen LogP contribution in [0.1, 0.15) is 11.1 Å². The maximum atomic E-state index is 11.4. The van der Waals surface area contributed by atoms with Crippen LogP contribution in [0, 0.1) is 0 Å². The maximum Gasteiger partial charge on any atom is 0.323 e. The number of halogens is 2. The third-order valence-electron chi connectivity index (χ3n) is 4.58. The van der Waals surface area contributed by atoms with E-state index in [0.29, 0.717) is 29.7 Å². The normalized spacial score (nSPS) is 10.5. The van der Waals surface area contributed by atoms with Gasteiger partial charge in [-0.15, -0.1) is 12.4 Å². The highest BCUT2D eigenvalue weighted by Gasteiger charge is 2.08. The zero-order chi connectivity index (χ0) is 20.2. The second kappa shape index (κ2) is 9.61. The predicted octanol–water partition coefficient (Wildman–Crippen LogP) is 5.13. The zero-order valence-electron chi connectivity index (χ0n) is 16.2. The van der Waals surface area contributed by atoms with Gasteiger partial charge in [0.15, 0.2) is 11.5 Å². The van der Waals surface area contributed by atoms with Crippen molar-refractivity contribution in [3.05, 3.63) is 87.3 Å². The lowest BCUT2D eigenvalue weighted by Crippen LogP contribution is -2.02. The first-order chi connectivity index (χ1) is 14.1. The molecule has 0 aliphatic carbocycles. The van der Waals surface area contributed by atoms with E-state index in [2.05, 4.69) is 15.3 Å². The van der Waals surface area contributed by atoms with E-state index in [-0.39, 0.29) is 18.1 Å². The standard InChI is InChI=1S/C22H20ClN3O3.ClH/c1-28-21-10-14(6-9-20(21)29-13-15-4-2-3-5-17(15)23)12-24-16-7-8-18-19(11-16)26-22(27)25-18;/h2-11,24H,12-13H2,1H3,(H2,25,26,27);1H. The molecule has 6 nitrogen and oxygen atoms in total. The Kier molecular flexibility index (Phi) is 6.92. The quantitative estimate of drug-likeness (QED) is 0.368. The van der Waals surface area contributed by atoms with Gasteiger partial charge in [0.1, 0.15) is 6.61 Å². The number of imidazole rings is 1. The molecule has 0 bridgehead atoms. The number of fused-ring (bicyclic) bond motifs is 1. The van der Waals surface area contributed by atoms with Crippen LogP contribution in [-0.2, 0) is 13.2 Å². The van der Waals surface area contributed by atoms with E-state index in [1.54, 1.807) is 7.11 Å². The van der Waals surface area contributed by atoms with Gasteiger partial charge in [-0.1, -0.05) is 35.9 Å². The molecule has 0 saturated heterocycles. The van der Waals surface area contributed by atoms with E-state index >= 15 is 0 Å². The average Bonchev–Trinajstić information content (AvgIpc) is 3.11. The third-order valence-corrected chi connectivity index (χ3v) is 4.95. The van der Waals surface area contributed by atoms with Crippen molar-refractivity contribution in [1.82, 2.24) is 9.97 Å². The lowest BCUT2D eigenvalue weighted by molar-refractivity contribution is 0.284. The second-order valence-corrected chi connectivity index (χ2v) is 6.97. The van der Waals surface area contributed by atoms with Crippen molar-refractivity contribution in [2.24, 2.45) is 0 Å². The summed E-state index contributed by atoms with van der Waals surface area (Å²) in [6.45, 7) is 0.962. The molecule has 4 aromatic rings. The van der Waals surface area contributed by atoms with E-state index in [4.69, 9.17) is 21.1 Å². The Morgan fingerprint density at radius 3 is 2.57 bits per heavy atom.